The molecule has 5 nitrogen and oxygen atoms in total. The second kappa shape index (κ2) is 7.42. The van der Waals surface area contributed by atoms with Crippen molar-refractivity contribution in [3.8, 4) is 5.75 Å². The van der Waals surface area contributed by atoms with Crippen molar-refractivity contribution in [2.24, 2.45) is 0 Å². The van der Waals surface area contributed by atoms with Crippen LogP contribution in [-0.2, 0) is 4.79 Å². The van der Waals surface area contributed by atoms with Crippen LogP contribution < -0.4 is 10.1 Å². The molecule has 0 spiro atoms. The van der Waals surface area contributed by atoms with Crippen LogP contribution in [0.2, 0.25) is 0 Å². The number of methoxy groups -OCH3 is 1. The number of nitrogens with zero attached hydrogens (tertiary/aromatic N) is 1. The van der Waals surface area contributed by atoms with E-state index in [0.717, 1.165) is 35.1 Å². The largest absolute Gasteiger partial charge is 0.497 e. The fourth-order valence-corrected chi connectivity index (χ4v) is 3.51. The molecule has 1 saturated heterocycles. The Morgan fingerprint density at radius 3 is 2.72 bits per heavy atom. The minimum atomic E-state index is -0.218. The maximum absolute atomic E-state index is 12.6. The Labute approximate surface area is 148 Å². The lowest BCUT2D eigenvalue weighted by Crippen LogP contribution is -2.38. The van der Waals surface area contributed by atoms with Gasteiger partial charge in [0.1, 0.15) is 5.75 Å². The molecular formula is C20H26N2O3. The summed E-state index contributed by atoms with van der Waals surface area (Å²) in [5, 5.41) is 14.7. The predicted molar refractivity (Wildman–Crippen MR) is 99.0 cm³/mol. The Morgan fingerprint density at radius 2 is 2.04 bits per heavy atom. The Kier molecular flexibility index (Phi) is 5.25. The van der Waals surface area contributed by atoms with Crippen molar-refractivity contribution in [3.05, 3.63) is 42.0 Å². The molecule has 1 heterocycles. The van der Waals surface area contributed by atoms with Gasteiger partial charge in [0.05, 0.1) is 19.6 Å². The molecule has 1 aliphatic rings. The highest BCUT2D eigenvalue weighted by atomic mass is 16.5. The first-order valence-electron chi connectivity index (χ1n) is 8.71. The van der Waals surface area contributed by atoms with Crippen LogP contribution >= 0.6 is 0 Å². The number of benzene rings is 2. The molecule has 1 fully saturated rings. The van der Waals surface area contributed by atoms with Gasteiger partial charge in [-0.2, -0.15) is 0 Å². The topological polar surface area (TPSA) is 61.8 Å². The van der Waals surface area contributed by atoms with Crippen molar-refractivity contribution in [2.75, 3.05) is 27.3 Å². The van der Waals surface area contributed by atoms with Gasteiger partial charge in [0, 0.05) is 18.6 Å². The number of carbonyl (C=O) groups excluding carboxylic acids is 1. The van der Waals surface area contributed by atoms with Crippen LogP contribution in [0.4, 0.5) is 0 Å². The SMILES string of the molecule is COc1ccc2cc([C@H](C)C(=O)N[C@@H]3C[C@@H](CO)N(C)C3)ccc2c1. The van der Waals surface area contributed by atoms with Crippen LogP contribution in [0.15, 0.2) is 36.4 Å². The van der Waals surface area contributed by atoms with E-state index in [-0.39, 0.29) is 30.5 Å². The fourth-order valence-electron chi connectivity index (χ4n) is 3.51. The molecule has 1 aliphatic heterocycles. The number of carbonyl (C=O) groups is 1. The van der Waals surface area contributed by atoms with Gasteiger partial charge in [-0.25, -0.2) is 0 Å². The minimum Gasteiger partial charge on any atom is -0.497 e. The number of rotatable bonds is 5. The molecule has 2 aromatic carbocycles. The number of nitrogens with one attached hydrogen (secondary N) is 1. The number of fused-ring (bicyclic) bond motifs is 1. The van der Waals surface area contributed by atoms with Crippen LogP contribution in [0.1, 0.15) is 24.8 Å². The monoisotopic (exact) mass is 342 g/mol. The molecule has 0 radical (unpaired) electrons. The lowest BCUT2D eigenvalue weighted by molar-refractivity contribution is -0.122. The molecule has 2 N–H and O–H groups in total. The summed E-state index contributed by atoms with van der Waals surface area (Å²) in [6.07, 6.45) is 0.795. The summed E-state index contributed by atoms with van der Waals surface area (Å²) >= 11 is 0. The van der Waals surface area contributed by atoms with E-state index in [1.165, 1.54) is 0 Å². The summed E-state index contributed by atoms with van der Waals surface area (Å²) in [7, 11) is 3.64. The highest BCUT2D eigenvalue weighted by Gasteiger charge is 2.30. The molecule has 134 valence electrons. The summed E-state index contributed by atoms with van der Waals surface area (Å²) in [6.45, 7) is 2.84. The lowest BCUT2D eigenvalue weighted by Gasteiger charge is -2.17. The van der Waals surface area contributed by atoms with E-state index in [4.69, 9.17) is 4.74 Å². The number of hydrogen-bond donors (Lipinski definition) is 2. The van der Waals surface area contributed by atoms with Gasteiger partial charge in [0.2, 0.25) is 5.91 Å². The van der Waals surface area contributed by atoms with E-state index in [1.54, 1.807) is 7.11 Å². The van der Waals surface area contributed by atoms with Gasteiger partial charge in [-0.15, -0.1) is 0 Å². The van der Waals surface area contributed by atoms with Crippen LogP contribution in [0.3, 0.4) is 0 Å². The van der Waals surface area contributed by atoms with E-state index in [1.807, 2.05) is 44.3 Å². The standard InChI is InChI=1S/C20H26N2O3/c1-13(20(24)21-17-10-18(12-23)22(2)11-17)14-4-5-16-9-19(25-3)7-6-15(16)8-14/h4-9,13,17-18,23H,10-12H2,1-3H3,(H,21,24)/t13-,17+,18-/m0/s1. The van der Waals surface area contributed by atoms with E-state index in [9.17, 15) is 9.90 Å². The zero-order chi connectivity index (χ0) is 18.0. The molecular weight excluding hydrogens is 316 g/mol. The van der Waals surface area contributed by atoms with Crippen molar-refractivity contribution < 1.29 is 14.6 Å². The average molecular weight is 342 g/mol. The van der Waals surface area contributed by atoms with Gasteiger partial charge in [-0.05, 0) is 48.9 Å². The predicted octanol–water partition coefficient (Wildman–Crippen LogP) is 2.13. The third kappa shape index (κ3) is 3.78. The zero-order valence-corrected chi connectivity index (χ0v) is 15.0. The second-order valence-corrected chi connectivity index (χ2v) is 6.91. The van der Waals surface area contributed by atoms with E-state index in [2.05, 4.69) is 16.3 Å². The third-order valence-electron chi connectivity index (χ3n) is 5.21. The van der Waals surface area contributed by atoms with Gasteiger partial charge >= 0.3 is 0 Å². The van der Waals surface area contributed by atoms with Crippen molar-refractivity contribution in [1.82, 2.24) is 10.2 Å². The second-order valence-electron chi connectivity index (χ2n) is 6.91. The number of ether oxygens (including phenoxy) is 1. The van der Waals surface area contributed by atoms with Gasteiger partial charge < -0.3 is 15.2 Å². The molecule has 3 rings (SSSR count). The number of amides is 1. The molecule has 1 amide bonds. The van der Waals surface area contributed by atoms with Crippen molar-refractivity contribution in [3.63, 3.8) is 0 Å². The maximum atomic E-state index is 12.6. The van der Waals surface area contributed by atoms with Crippen molar-refractivity contribution in [1.29, 1.82) is 0 Å². The highest BCUT2D eigenvalue weighted by Crippen LogP contribution is 2.25. The van der Waals surface area contributed by atoms with Crippen LogP contribution in [-0.4, -0.2) is 55.3 Å². The fraction of sp³-hybridized carbons (Fsp3) is 0.450. The maximum Gasteiger partial charge on any atom is 0.227 e. The number of hydrogen-bond acceptors (Lipinski definition) is 4. The van der Waals surface area contributed by atoms with Gasteiger partial charge in [0.25, 0.3) is 0 Å². The first-order valence-corrected chi connectivity index (χ1v) is 8.71. The van der Waals surface area contributed by atoms with Crippen LogP contribution in [0.5, 0.6) is 5.75 Å². The Balaban J connectivity index is 1.70. The summed E-state index contributed by atoms with van der Waals surface area (Å²) in [4.78, 5) is 14.7. The quantitative estimate of drug-likeness (QED) is 0.874. The Hall–Kier alpha value is -2.11. The third-order valence-corrected chi connectivity index (χ3v) is 5.21. The van der Waals surface area contributed by atoms with Gasteiger partial charge in [-0.1, -0.05) is 24.3 Å². The number of likely N-dealkylation sites (N-methyl/N-ethyl adjacent to an activating group) is 1. The highest BCUT2D eigenvalue weighted by molar-refractivity contribution is 5.88. The first-order chi connectivity index (χ1) is 12.0. The molecule has 0 unspecified atom stereocenters. The van der Waals surface area contributed by atoms with Crippen molar-refractivity contribution in [2.45, 2.75) is 31.3 Å². The molecule has 25 heavy (non-hydrogen) atoms. The summed E-state index contributed by atoms with van der Waals surface area (Å²) < 4.78 is 5.25. The first kappa shape index (κ1) is 17.7. The molecule has 0 saturated carbocycles. The lowest BCUT2D eigenvalue weighted by atomic mass is 9.96. The van der Waals surface area contributed by atoms with Gasteiger partial charge in [0.15, 0.2) is 0 Å². The summed E-state index contributed by atoms with van der Waals surface area (Å²) in [6, 6.07) is 12.3. The van der Waals surface area contributed by atoms with Crippen LogP contribution in [0.25, 0.3) is 10.8 Å². The van der Waals surface area contributed by atoms with E-state index < -0.39 is 0 Å². The normalized spacial score (nSPS) is 22.1. The van der Waals surface area contributed by atoms with Crippen molar-refractivity contribution >= 4 is 16.7 Å². The summed E-state index contributed by atoms with van der Waals surface area (Å²) in [5.74, 6) is 0.643. The zero-order valence-electron chi connectivity index (χ0n) is 15.0. The Bertz CT molecular complexity index is 762. The molecule has 2 aromatic rings. The smallest absolute Gasteiger partial charge is 0.227 e. The van der Waals surface area contributed by atoms with E-state index in [0.29, 0.717) is 0 Å². The number of aliphatic hydroxyl groups excluding tert-OH is 1. The number of aliphatic hydroxyl groups is 1. The van der Waals surface area contributed by atoms with Crippen LogP contribution in [0, 0.1) is 0 Å². The van der Waals surface area contributed by atoms with Gasteiger partial charge in [-0.3, -0.25) is 9.69 Å². The molecule has 5 heteroatoms. The summed E-state index contributed by atoms with van der Waals surface area (Å²) in [5.41, 5.74) is 1.00. The average Bonchev–Trinajstić information content (AvgIpc) is 2.99. The molecule has 0 bridgehead atoms. The molecule has 3 atom stereocenters. The minimum absolute atomic E-state index is 0.0323. The number of likely N-dealkylation sites (tertiary alicyclic amines) is 1. The van der Waals surface area contributed by atoms with E-state index >= 15 is 0 Å². The molecule has 0 aromatic heterocycles. The molecule has 0 aliphatic carbocycles. The Morgan fingerprint density at radius 1 is 1.32 bits per heavy atom.